The molecule has 0 bridgehead atoms. The van der Waals surface area contributed by atoms with Crippen LogP contribution in [-0.4, -0.2) is 16.5 Å². The summed E-state index contributed by atoms with van der Waals surface area (Å²) in [6, 6.07) is 5.76. The Morgan fingerprint density at radius 3 is 2.14 bits per heavy atom. The second kappa shape index (κ2) is 5.47. The molecule has 0 radical (unpaired) electrons. The molecule has 110 valence electrons. The number of nitro benzene ring substituents is 1. The second-order valence-corrected chi connectivity index (χ2v) is 5.87. The fourth-order valence-corrected chi connectivity index (χ4v) is 2.27. The van der Waals surface area contributed by atoms with Gasteiger partial charge in [0.2, 0.25) is 0 Å². The highest BCUT2D eigenvalue weighted by Gasteiger charge is 2.35. The fraction of sp³-hybridized carbons (Fsp3) is 0.333. The van der Waals surface area contributed by atoms with E-state index < -0.39 is 4.92 Å². The van der Waals surface area contributed by atoms with Crippen molar-refractivity contribution in [2.45, 2.75) is 26.7 Å². The first-order valence-corrected chi connectivity index (χ1v) is 6.56. The van der Waals surface area contributed by atoms with E-state index in [0.29, 0.717) is 18.5 Å². The maximum atomic E-state index is 12.0. The van der Waals surface area contributed by atoms with E-state index in [2.05, 4.69) is 5.32 Å². The molecule has 1 aliphatic carbocycles. The number of carbonyl (C=O) groups excluding carboxylic acids is 2. The maximum Gasteiger partial charge on any atom is 0.269 e. The summed E-state index contributed by atoms with van der Waals surface area (Å²) in [5, 5.41) is 13.4. The SMILES string of the molecule is CC1(C)CC(=O)C(=CNc2ccc([N+](=O)[O-])cc2)C(=O)C1. The molecule has 0 aliphatic heterocycles. The lowest BCUT2D eigenvalue weighted by Crippen LogP contribution is -2.31. The molecule has 0 amide bonds. The normalized spacial score (nSPS) is 17.5. The molecule has 0 aromatic heterocycles. The van der Waals surface area contributed by atoms with Crippen molar-refractivity contribution in [3.05, 3.63) is 46.2 Å². The van der Waals surface area contributed by atoms with Crippen molar-refractivity contribution < 1.29 is 14.5 Å². The molecule has 1 aromatic rings. The van der Waals surface area contributed by atoms with Crippen molar-refractivity contribution in [1.82, 2.24) is 0 Å². The Kier molecular flexibility index (Phi) is 3.88. The van der Waals surface area contributed by atoms with Gasteiger partial charge in [0.25, 0.3) is 5.69 Å². The van der Waals surface area contributed by atoms with Crippen LogP contribution in [0.15, 0.2) is 36.0 Å². The van der Waals surface area contributed by atoms with Crippen LogP contribution < -0.4 is 5.32 Å². The van der Waals surface area contributed by atoms with Crippen LogP contribution in [0.1, 0.15) is 26.7 Å². The van der Waals surface area contributed by atoms with Crippen molar-refractivity contribution in [2.75, 3.05) is 5.32 Å². The molecule has 0 saturated heterocycles. The predicted molar refractivity (Wildman–Crippen MR) is 77.8 cm³/mol. The highest BCUT2D eigenvalue weighted by molar-refractivity contribution is 6.22. The largest absolute Gasteiger partial charge is 0.361 e. The Bertz CT molecular complexity index is 608. The summed E-state index contributed by atoms with van der Waals surface area (Å²) in [4.78, 5) is 34.0. The van der Waals surface area contributed by atoms with Gasteiger partial charge in [-0.2, -0.15) is 0 Å². The number of non-ortho nitro benzene ring substituents is 1. The molecular weight excluding hydrogens is 272 g/mol. The molecule has 6 nitrogen and oxygen atoms in total. The third-order valence-corrected chi connectivity index (χ3v) is 3.34. The molecule has 1 N–H and O–H groups in total. The van der Waals surface area contributed by atoms with Gasteiger partial charge in [0.1, 0.15) is 0 Å². The molecule has 0 atom stereocenters. The quantitative estimate of drug-likeness (QED) is 0.400. The molecule has 1 aliphatic rings. The smallest absolute Gasteiger partial charge is 0.269 e. The Balaban J connectivity index is 2.12. The molecule has 0 unspecified atom stereocenters. The standard InChI is InChI=1S/C15H16N2O4/c1-15(2)7-13(18)12(14(19)8-15)9-16-10-3-5-11(6-4-10)17(20)21/h3-6,9,16H,7-8H2,1-2H3. The van der Waals surface area contributed by atoms with Crippen molar-refractivity contribution in [3.63, 3.8) is 0 Å². The Labute approximate surface area is 122 Å². The number of Topliss-reactive ketones (excluding diaryl/α,β-unsaturated/α-hetero) is 2. The van der Waals surface area contributed by atoms with Crippen LogP contribution in [0.25, 0.3) is 0 Å². The lowest BCUT2D eigenvalue weighted by Gasteiger charge is -2.28. The van der Waals surface area contributed by atoms with Crippen LogP contribution in [0.3, 0.4) is 0 Å². The van der Waals surface area contributed by atoms with Gasteiger partial charge in [-0.1, -0.05) is 13.8 Å². The number of benzene rings is 1. The van der Waals surface area contributed by atoms with Gasteiger partial charge in [0.05, 0.1) is 10.5 Å². The predicted octanol–water partition coefficient (Wildman–Crippen LogP) is 2.85. The Morgan fingerprint density at radius 1 is 1.14 bits per heavy atom. The van der Waals surface area contributed by atoms with E-state index in [1.807, 2.05) is 13.8 Å². The number of ketones is 2. The van der Waals surface area contributed by atoms with Gasteiger partial charge in [0, 0.05) is 36.9 Å². The van der Waals surface area contributed by atoms with Crippen molar-refractivity contribution in [1.29, 1.82) is 0 Å². The number of nitrogens with one attached hydrogen (secondary N) is 1. The monoisotopic (exact) mass is 288 g/mol. The van der Waals surface area contributed by atoms with Crippen molar-refractivity contribution >= 4 is 22.9 Å². The number of carbonyl (C=O) groups is 2. The molecule has 1 saturated carbocycles. The van der Waals surface area contributed by atoms with Crippen LogP contribution in [0.5, 0.6) is 0 Å². The molecule has 0 spiro atoms. The first kappa shape index (κ1) is 14.9. The van der Waals surface area contributed by atoms with E-state index in [4.69, 9.17) is 0 Å². The fourth-order valence-electron chi connectivity index (χ4n) is 2.27. The summed E-state index contributed by atoms with van der Waals surface area (Å²) < 4.78 is 0. The van der Waals surface area contributed by atoms with Crippen LogP contribution in [0, 0.1) is 15.5 Å². The summed E-state index contributed by atoms with van der Waals surface area (Å²) in [5.74, 6) is -0.351. The second-order valence-electron chi connectivity index (χ2n) is 5.87. The maximum absolute atomic E-state index is 12.0. The van der Waals surface area contributed by atoms with Gasteiger partial charge >= 0.3 is 0 Å². The van der Waals surface area contributed by atoms with Crippen LogP contribution in [0.2, 0.25) is 0 Å². The van der Waals surface area contributed by atoms with Crippen molar-refractivity contribution in [2.24, 2.45) is 5.41 Å². The molecule has 1 fully saturated rings. The molecular formula is C15H16N2O4. The summed E-state index contributed by atoms with van der Waals surface area (Å²) in [6.07, 6.45) is 2.07. The van der Waals surface area contributed by atoms with Gasteiger partial charge in [-0.3, -0.25) is 19.7 Å². The average molecular weight is 288 g/mol. The summed E-state index contributed by atoms with van der Waals surface area (Å²) in [5.41, 5.74) is 0.435. The Morgan fingerprint density at radius 2 is 1.67 bits per heavy atom. The minimum atomic E-state index is -0.488. The number of nitrogens with zero attached hydrogens (tertiary/aromatic N) is 1. The number of nitro groups is 1. The van der Waals surface area contributed by atoms with Crippen LogP contribution in [0.4, 0.5) is 11.4 Å². The van der Waals surface area contributed by atoms with E-state index in [9.17, 15) is 19.7 Å². The van der Waals surface area contributed by atoms with E-state index in [-0.39, 0.29) is 28.2 Å². The lowest BCUT2D eigenvalue weighted by molar-refractivity contribution is -0.384. The van der Waals surface area contributed by atoms with Gasteiger partial charge in [0.15, 0.2) is 11.6 Å². The zero-order chi connectivity index (χ0) is 15.6. The third-order valence-electron chi connectivity index (χ3n) is 3.34. The van der Waals surface area contributed by atoms with Crippen LogP contribution in [-0.2, 0) is 9.59 Å². The van der Waals surface area contributed by atoms with E-state index in [1.54, 1.807) is 0 Å². The first-order chi connectivity index (χ1) is 9.78. The van der Waals surface area contributed by atoms with E-state index in [1.165, 1.54) is 30.5 Å². The molecule has 2 rings (SSSR count). The lowest BCUT2D eigenvalue weighted by atomic mass is 9.74. The molecule has 0 heterocycles. The van der Waals surface area contributed by atoms with E-state index >= 15 is 0 Å². The topological polar surface area (TPSA) is 89.3 Å². The third kappa shape index (κ3) is 3.53. The van der Waals surface area contributed by atoms with E-state index in [0.717, 1.165) is 0 Å². The summed E-state index contributed by atoms with van der Waals surface area (Å²) >= 11 is 0. The van der Waals surface area contributed by atoms with Gasteiger partial charge < -0.3 is 5.32 Å². The molecule has 21 heavy (non-hydrogen) atoms. The molecule has 1 aromatic carbocycles. The molecule has 6 heteroatoms. The average Bonchev–Trinajstić information content (AvgIpc) is 2.36. The number of allylic oxidation sites excluding steroid dienone is 1. The number of hydrogen-bond donors (Lipinski definition) is 1. The van der Waals surface area contributed by atoms with Gasteiger partial charge in [-0.15, -0.1) is 0 Å². The number of rotatable bonds is 3. The number of anilines is 1. The summed E-state index contributed by atoms with van der Waals surface area (Å²) in [7, 11) is 0. The minimum absolute atomic E-state index is 0.0141. The zero-order valence-corrected chi connectivity index (χ0v) is 11.9. The highest BCUT2D eigenvalue weighted by atomic mass is 16.6. The van der Waals surface area contributed by atoms with Gasteiger partial charge in [-0.05, 0) is 17.5 Å². The number of hydrogen-bond acceptors (Lipinski definition) is 5. The highest BCUT2D eigenvalue weighted by Crippen LogP contribution is 2.33. The Hall–Kier alpha value is -2.50. The zero-order valence-electron chi connectivity index (χ0n) is 11.9. The summed E-state index contributed by atoms with van der Waals surface area (Å²) in [6.45, 7) is 3.78. The van der Waals surface area contributed by atoms with Crippen molar-refractivity contribution in [3.8, 4) is 0 Å². The first-order valence-electron chi connectivity index (χ1n) is 6.56. The van der Waals surface area contributed by atoms with Gasteiger partial charge in [-0.25, -0.2) is 0 Å². The minimum Gasteiger partial charge on any atom is -0.361 e. The van der Waals surface area contributed by atoms with Crippen LogP contribution >= 0.6 is 0 Å².